The van der Waals surface area contributed by atoms with Crippen LogP contribution in [0.5, 0.6) is 5.75 Å². The molecule has 17 heavy (non-hydrogen) atoms. The largest absolute Gasteiger partial charge is 0.508 e. The number of hydrogen-bond donors (Lipinski definition) is 2. The maximum absolute atomic E-state index is 13.0. The van der Waals surface area contributed by atoms with Crippen molar-refractivity contribution >= 4 is 5.57 Å². The lowest BCUT2D eigenvalue weighted by atomic mass is 10.0. The molecule has 0 aliphatic rings. The number of aliphatic hydroxyl groups excluding tert-OH is 1. The van der Waals surface area contributed by atoms with E-state index in [1.165, 1.54) is 13.0 Å². The van der Waals surface area contributed by atoms with Crippen LogP contribution in [0.1, 0.15) is 12.5 Å². The molecule has 4 heteroatoms. The molecule has 1 rings (SSSR count). The molecular formula is C13H12F2O2. The molecule has 0 radical (unpaired) electrons. The topological polar surface area (TPSA) is 40.5 Å². The molecule has 0 saturated heterocycles. The van der Waals surface area contributed by atoms with E-state index in [-0.39, 0.29) is 22.6 Å². The van der Waals surface area contributed by atoms with Crippen molar-refractivity contribution in [1.82, 2.24) is 0 Å². The normalized spacial score (nSPS) is 12.6. The number of benzene rings is 1. The Hall–Kier alpha value is -2.10. The zero-order valence-electron chi connectivity index (χ0n) is 9.24. The summed E-state index contributed by atoms with van der Waals surface area (Å²) in [7, 11) is 0. The number of aliphatic hydroxyl groups is 1. The third-order valence-electron chi connectivity index (χ3n) is 2.17. The minimum Gasteiger partial charge on any atom is -0.508 e. The van der Waals surface area contributed by atoms with E-state index < -0.39 is 11.6 Å². The Balaban J connectivity index is 3.18. The predicted molar refractivity (Wildman–Crippen MR) is 62.7 cm³/mol. The fourth-order valence-corrected chi connectivity index (χ4v) is 1.24. The van der Waals surface area contributed by atoms with E-state index in [2.05, 4.69) is 6.58 Å². The van der Waals surface area contributed by atoms with Crippen LogP contribution in [0.15, 0.2) is 48.5 Å². The maximum Gasteiger partial charge on any atom is 0.124 e. The molecule has 0 unspecified atom stereocenters. The van der Waals surface area contributed by atoms with Crippen LogP contribution in [0.2, 0.25) is 0 Å². The molecule has 0 atom stereocenters. The zero-order chi connectivity index (χ0) is 13.0. The number of phenols is 1. The molecule has 0 bridgehead atoms. The number of aromatic hydroxyl groups is 1. The zero-order valence-corrected chi connectivity index (χ0v) is 9.24. The lowest BCUT2D eigenvalue weighted by Gasteiger charge is -2.06. The van der Waals surface area contributed by atoms with Crippen molar-refractivity contribution in [2.75, 3.05) is 0 Å². The second kappa shape index (κ2) is 5.30. The highest BCUT2D eigenvalue weighted by molar-refractivity contribution is 5.71. The minimum absolute atomic E-state index is 0.150. The fraction of sp³-hybridized carbons (Fsp3) is 0.0769. The molecule has 90 valence electrons. The number of hydrogen-bond acceptors (Lipinski definition) is 2. The van der Waals surface area contributed by atoms with Crippen LogP contribution < -0.4 is 0 Å². The van der Waals surface area contributed by atoms with Gasteiger partial charge in [0.25, 0.3) is 0 Å². The first-order valence-electron chi connectivity index (χ1n) is 4.83. The van der Waals surface area contributed by atoms with Crippen LogP contribution in [0.3, 0.4) is 0 Å². The van der Waals surface area contributed by atoms with Gasteiger partial charge in [0, 0.05) is 11.1 Å². The van der Waals surface area contributed by atoms with Gasteiger partial charge in [-0.15, -0.1) is 0 Å². The van der Waals surface area contributed by atoms with Gasteiger partial charge in [-0.05, 0) is 37.3 Å². The van der Waals surface area contributed by atoms with Crippen molar-refractivity contribution in [2.24, 2.45) is 0 Å². The van der Waals surface area contributed by atoms with Crippen LogP contribution >= 0.6 is 0 Å². The molecule has 2 nitrogen and oxygen atoms in total. The number of phenolic OH excluding ortho intramolecular Hbond substituents is 1. The first-order valence-corrected chi connectivity index (χ1v) is 4.83. The Morgan fingerprint density at radius 3 is 2.59 bits per heavy atom. The Kier molecular flexibility index (Phi) is 4.04. The smallest absolute Gasteiger partial charge is 0.124 e. The predicted octanol–water partition coefficient (Wildman–Crippen LogP) is 3.86. The Morgan fingerprint density at radius 2 is 2.00 bits per heavy atom. The average molecular weight is 238 g/mol. The highest BCUT2D eigenvalue weighted by Gasteiger charge is 2.08. The van der Waals surface area contributed by atoms with Crippen molar-refractivity contribution in [3.63, 3.8) is 0 Å². The molecule has 1 aromatic rings. The van der Waals surface area contributed by atoms with Gasteiger partial charge in [-0.25, -0.2) is 8.78 Å². The second-order valence-electron chi connectivity index (χ2n) is 3.45. The highest BCUT2D eigenvalue weighted by Crippen LogP contribution is 2.27. The van der Waals surface area contributed by atoms with Gasteiger partial charge >= 0.3 is 0 Å². The van der Waals surface area contributed by atoms with E-state index in [1.54, 1.807) is 0 Å². The Labute approximate surface area is 97.8 Å². The number of allylic oxidation sites excluding steroid dienone is 4. The van der Waals surface area contributed by atoms with Crippen molar-refractivity contribution in [3.8, 4) is 5.75 Å². The standard InChI is InChI=1S/C13H12F2O2/c1-8(14)3-5-12(16)9(2)11-7-10(15)4-6-13(11)17/h3-7,16-17H,1H2,2H3/b5-3-,12-9-. The maximum atomic E-state index is 13.0. The summed E-state index contributed by atoms with van der Waals surface area (Å²) in [5.41, 5.74) is 0.385. The highest BCUT2D eigenvalue weighted by atomic mass is 19.1. The minimum atomic E-state index is -0.715. The fourth-order valence-electron chi connectivity index (χ4n) is 1.24. The quantitative estimate of drug-likeness (QED) is 0.620. The van der Waals surface area contributed by atoms with Crippen LogP contribution in [-0.4, -0.2) is 10.2 Å². The first-order chi connectivity index (χ1) is 7.91. The van der Waals surface area contributed by atoms with Crippen molar-refractivity contribution < 1.29 is 19.0 Å². The molecule has 0 aliphatic heterocycles. The van der Waals surface area contributed by atoms with E-state index in [4.69, 9.17) is 0 Å². The van der Waals surface area contributed by atoms with Gasteiger partial charge in [0.05, 0.1) is 0 Å². The molecule has 0 fully saturated rings. The molecule has 0 spiro atoms. The van der Waals surface area contributed by atoms with Crippen molar-refractivity contribution in [3.05, 3.63) is 59.9 Å². The monoisotopic (exact) mass is 238 g/mol. The van der Waals surface area contributed by atoms with Crippen LogP contribution in [0.25, 0.3) is 5.57 Å². The summed E-state index contributed by atoms with van der Waals surface area (Å²) < 4.78 is 25.3. The number of halogens is 2. The van der Waals surface area contributed by atoms with Crippen LogP contribution in [0, 0.1) is 5.82 Å². The Morgan fingerprint density at radius 1 is 1.35 bits per heavy atom. The van der Waals surface area contributed by atoms with E-state index in [0.29, 0.717) is 0 Å². The SMILES string of the molecule is C=C(F)/C=C\C(O)=C(/C)c1cc(F)ccc1O. The van der Waals surface area contributed by atoms with E-state index in [0.717, 1.165) is 24.3 Å². The molecule has 0 heterocycles. The van der Waals surface area contributed by atoms with E-state index >= 15 is 0 Å². The summed E-state index contributed by atoms with van der Waals surface area (Å²) in [5.74, 6) is -1.69. The summed E-state index contributed by atoms with van der Waals surface area (Å²) >= 11 is 0. The second-order valence-corrected chi connectivity index (χ2v) is 3.45. The van der Waals surface area contributed by atoms with Gasteiger partial charge in [0.1, 0.15) is 23.2 Å². The molecular weight excluding hydrogens is 226 g/mol. The summed E-state index contributed by atoms with van der Waals surface area (Å²) in [6.07, 6.45) is 2.05. The summed E-state index contributed by atoms with van der Waals surface area (Å²) in [4.78, 5) is 0. The van der Waals surface area contributed by atoms with Crippen LogP contribution in [-0.2, 0) is 0 Å². The lowest BCUT2D eigenvalue weighted by molar-refractivity contribution is 0.432. The summed E-state index contributed by atoms with van der Waals surface area (Å²) in [6, 6.07) is 3.36. The molecule has 0 aliphatic carbocycles. The lowest BCUT2D eigenvalue weighted by Crippen LogP contribution is -1.88. The van der Waals surface area contributed by atoms with Gasteiger partial charge in [-0.3, -0.25) is 0 Å². The third-order valence-corrected chi connectivity index (χ3v) is 2.17. The average Bonchev–Trinajstić information content (AvgIpc) is 2.28. The van der Waals surface area contributed by atoms with Gasteiger partial charge in [0.2, 0.25) is 0 Å². The molecule has 2 N–H and O–H groups in total. The summed E-state index contributed by atoms with van der Waals surface area (Å²) in [6.45, 7) is 4.48. The van der Waals surface area contributed by atoms with Crippen molar-refractivity contribution in [1.29, 1.82) is 0 Å². The molecule has 1 aromatic carbocycles. The van der Waals surface area contributed by atoms with E-state index in [9.17, 15) is 19.0 Å². The van der Waals surface area contributed by atoms with Gasteiger partial charge < -0.3 is 10.2 Å². The number of rotatable bonds is 3. The molecule has 0 saturated carbocycles. The van der Waals surface area contributed by atoms with Gasteiger partial charge in [0.15, 0.2) is 0 Å². The third kappa shape index (κ3) is 3.45. The van der Waals surface area contributed by atoms with Crippen molar-refractivity contribution in [2.45, 2.75) is 6.92 Å². The molecule has 0 amide bonds. The Bertz CT molecular complexity index is 502. The van der Waals surface area contributed by atoms with Gasteiger partial charge in [-0.2, -0.15) is 0 Å². The first kappa shape index (κ1) is 13.0. The van der Waals surface area contributed by atoms with Crippen LogP contribution in [0.4, 0.5) is 8.78 Å². The summed E-state index contributed by atoms with van der Waals surface area (Å²) in [5, 5.41) is 19.1. The van der Waals surface area contributed by atoms with E-state index in [1.807, 2.05) is 0 Å². The molecule has 0 aromatic heterocycles. The van der Waals surface area contributed by atoms with Gasteiger partial charge in [-0.1, -0.05) is 6.58 Å².